The van der Waals surface area contributed by atoms with Crippen LogP contribution in [-0.2, 0) is 4.79 Å². The van der Waals surface area contributed by atoms with Crippen molar-refractivity contribution in [2.75, 3.05) is 10.2 Å². The summed E-state index contributed by atoms with van der Waals surface area (Å²) >= 11 is 0. The number of benzene rings is 1. The molecule has 1 aromatic heterocycles. The number of anilines is 2. The van der Waals surface area contributed by atoms with E-state index in [4.69, 9.17) is 0 Å². The van der Waals surface area contributed by atoms with Crippen LogP contribution >= 0.6 is 0 Å². The molecule has 1 saturated heterocycles. The van der Waals surface area contributed by atoms with Crippen molar-refractivity contribution in [2.45, 2.75) is 45.6 Å². The van der Waals surface area contributed by atoms with Crippen LogP contribution in [0.3, 0.4) is 0 Å². The number of amides is 2. The molecule has 3 rings (SSSR count). The zero-order valence-corrected chi connectivity index (χ0v) is 14.7. The van der Waals surface area contributed by atoms with Crippen LogP contribution in [0.2, 0.25) is 0 Å². The number of carbonyl (C=O) groups excluding carboxylic acids is 2. The predicted molar refractivity (Wildman–Crippen MR) is 96.7 cm³/mol. The third-order valence-corrected chi connectivity index (χ3v) is 4.32. The van der Waals surface area contributed by atoms with Crippen LogP contribution in [0.1, 0.15) is 55.7 Å². The number of rotatable bonds is 4. The highest BCUT2D eigenvalue weighted by Crippen LogP contribution is 2.28. The average molecular weight is 338 g/mol. The first-order chi connectivity index (χ1) is 12.0. The fourth-order valence-electron chi connectivity index (χ4n) is 2.92. The molecule has 0 spiro atoms. The molecule has 6 heteroatoms. The summed E-state index contributed by atoms with van der Waals surface area (Å²) in [4.78, 5) is 34.7. The van der Waals surface area contributed by atoms with E-state index >= 15 is 0 Å². The van der Waals surface area contributed by atoms with E-state index in [9.17, 15) is 9.59 Å². The average Bonchev–Trinajstić information content (AvgIpc) is 2.93. The van der Waals surface area contributed by atoms with Gasteiger partial charge in [0.2, 0.25) is 5.91 Å². The molecule has 0 saturated carbocycles. The lowest BCUT2D eigenvalue weighted by Gasteiger charge is -2.22. The summed E-state index contributed by atoms with van der Waals surface area (Å²) in [5, 5.41) is 2.84. The fourth-order valence-corrected chi connectivity index (χ4v) is 2.92. The summed E-state index contributed by atoms with van der Waals surface area (Å²) in [5.41, 5.74) is 1.85. The molecule has 0 aliphatic carbocycles. The molecule has 1 atom stereocenters. The van der Waals surface area contributed by atoms with E-state index < -0.39 is 0 Å². The third-order valence-electron chi connectivity index (χ3n) is 4.32. The molecule has 1 aromatic carbocycles. The largest absolute Gasteiger partial charge is 0.322 e. The number of carbonyl (C=O) groups is 2. The zero-order chi connectivity index (χ0) is 18.0. The van der Waals surface area contributed by atoms with Crippen molar-refractivity contribution >= 4 is 23.2 Å². The van der Waals surface area contributed by atoms with Gasteiger partial charge in [-0.1, -0.05) is 19.9 Å². The molecule has 6 nitrogen and oxygen atoms in total. The number of nitrogens with one attached hydrogen (secondary N) is 1. The number of hydrogen-bond donors (Lipinski definition) is 1. The van der Waals surface area contributed by atoms with Gasteiger partial charge in [0.05, 0.1) is 5.56 Å². The first-order valence-electron chi connectivity index (χ1n) is 8.51. The monoisotopic (exact) mass is 338 g/mol. The molecular weight excluding hydrogens is 316 g/mol. The van der Waals surface area contributed by atoms with E-state index in [-0.39, 0.29) is 23.8 Å². The van der Waals surface area contributed by atoms with Gasteiger partial charge >= 0.3 is 0 Å². The highest BCUT2D eigenvalue weighted by molar-refractivity contribution is 6.04. The van der Waals surface area contributed by atoms with Crippen LogP contribution in [0, 0.1) is 0 Å². The van der Waals surface area contributed by atoms with E-state index in [0.717, 1.165) is 12.1 Å². The minimum absolute atomic E-state index is 0.119. The Morgan fingerprint density at radius 3 is 2.60 bits per heavy atom. The van der Waals surface area contributed by atoms with Gasteiger partial charge in [-0.25, -0.2) is 9.97 Å². The van der Waals surface area contributed by atoms with Gasteiger partial charge in [0, 0.05) is 42.1 Å². The molecule has 1 N–H and O–H groups in total. The molecule has 2 aromatic rings. The van der Waals surface area contributed by atoms with E-state index in [1.54, 1.807) is 11.0 Å². The van der Waals surface area contributed by atoms with Gasteiger partial charge in [-0.05, 0) is 31.5 Å². The number of aromatic nitrogens is 2. The Kier molecular flexibility index (Phi) is 4.79. The van der Waals surface area contributed by atoms with Gasteiger partial charge in [-0.15, -0.1) is 0 Å². The van der Waals surface area contributed by atoms with Crippen molar-refractivity contribution in [1.82, 2.24) is 9.97 Å². The normalized spacial score (nSPS) is 17.2. The van der Waals surface area contributed by atoms with E-state index in [1.807, 2.05) is 39.0 Å². The summed E-state index contributed by atoms with van der Waals surface area (Å²) in [6, 6.07) is 7.52. The Morgan fingerprint density at radius 1 is 1.28 bits per heavy atom. The van der Waals surface area contributed by atoms with Crippen LogP contribution in [0.5, 0.6) is 0 Å². The second kappa shape index (κ2) is 7.01. The quantitative estimate of drug-likeness (QED) is 0.927. The topological polar surface area (TPSA) is 75.2 Å². The molecular formula is C19H22N4O2. The molecule has 25 heavy (non-hydrogen) atoms. The first kappa shape index (κ1) is 17.1. The Bertz CT molecular complexity index is 786. The van der Waals surface area contributed by atoms with Crippen molar-refractivity contribution in [1.29, 1.82) is 0 Å². The predicted octanol–water partition coefficient (Wildman–Crippen LogP) is 3.37. The molecule has 1 unspecified atom stereocenters. The van der Waals surface area contributed by atoms with Crippen molar-refractivity contribution in [3.05, 3.63) is 48.0 Å². The lowest BCUT2D eigenvalue weighted by molar-refractivity contribution is -0.117. The molecule has 2 heterocycles. The summed E-state index contributed by atoms with van der Waals surface area (Å²) in [6.07, 6.45) is 4.49. The Morgan fingerprint density at radius 2 is 2.00 bits per heavy atom. The minimum atomic E-state index is -0.270. The van der Waals surface area contributed by atoms with Crippen molar-refractivity contribution in [3.63, 3.8) is 0 Å². The van der Waals surface area contributed by atoms with Crippen LogP contribution in [0.15, 0.2) is 36.7 Å². The molecule has 1 aliphatic heterocycles. The van der Waals surface area contributed by atoms with E-state index in [1.165, 1.54) is 12.4 Å². The molecule has 1 fully saturated rings. The molecule has 1 aliphatic rings. The summed E-state index contributed by atoms with van der Waals surface area (Å²) in [7, 11) is 0. The van der Waals surface area contributed by atoms with E-state index in [2.05, 4.69) is 15.3 Å². The van der Waals surface area contributed by atoms with Crippen LogP contribution < -0.4 is 10.2 Å². The standard InChI is InChI=1S/C19H22N4O2/c1-12(2)18-20-10-14(11-21-18)19(25)22-15-5-4-6-16(9-15)23-13(3)7-8-17(23)24/h4-6,9-13H,7-8H2,1-3H3,(H,22,25). The lowest BCUT2D eigenvalue weighted by Crippen LogP contribution is -2.30. The maximum absolute atomic E-state index is 12.4. The van der Waals surface area contributed by atoms with Gasteiger partial charge in [-0.2, -0.15) is 0 Å². The maximum atomic E-state index is 12.4. The van der Waals surface area contributed by atoms with Gasteiger partial charge in [-0.3, -0.25) is 9.59 Å². The molecule has 2 amide bonds. The molecule has 130 valence electrons. The third kappa shape index (κ3) is 3.68. The van der Waals surface area contributed by atoms with Crippen molar-refractivity contribution < 1.29 is 9.59 Å². The smallest absolute Gasteiger partial charge is 0.258 e. The van der Waals surface area contributed by atoms with E-state index in [0.29, 0.717) is 23.5 Å². The first-order valence-corrected chi connectivity index (χ1v) is 8.51. The lowest BCUT2D eigenvalue weighted by atomic mass is 10.2. The number of nitrogens with zero attached hydrogens (tertiary/aromatic N) is 3. The van der Waals surface area contributed by atoms with Gasteiger partial charge < -0.3 is 10.2 Å². The van der Waals surface area contributed by atoms with Crippen molar-refractivity contribution in [3.8, 4) is 0 Å². The fraction of sp³-hybridized carbons (Fsp3) is 0.368. The highest BCUT2D eigenvalue weighted by atomic mass is 16.2. The zero-order valence-electron chi connectivity index (χ0n) is 14.7. The highest BCUT2D eigenvalue weighted by Gasteiger charge is 2.28. The molecule has 0 radical (unpaired) electrons. The van der Waals surface area contributed by atoms with Gasteiger partial charge in [0.15, 0.2) is 0 Å². The molecule has 0 bridgehead atoms. The summed E-state index contributed by atoms with van der Waals surface area (Å²) in [5.74, 6) is 0.774. The SMILES string of the molecule is CC(C)c1ncc(C(=O)Nc2cccc(N3C(=O)CCC3C)c2)cn1. The number of hydrogen-bond acceptors (Lipinski definition) is 4. The summed E-state index contributed by atoms with van der Waals surface area (Å²) in [6.45, 7) is 6.03. The second-order valence-electron chi connectivity index (χ2n) is 6.64. The van der Waals surface area contributed by atoms with Crippen molar-refractivity contribution in [2.24, 2.45) is 0 Å². The van der Waals surface area contributed by atoms with Gasteiger partial charge in [0.1, 0.15) is 5.82 Å². The Hall–Kier alpha value is -2.76. The van der Waals surface area contributed by atoms with Crippen LogP contribution in [0.4, 0.5) is 11.4 Å². The van der Waals surface area contributed by atoms with Crippen LogP contribution in [0.25, 0.3) is 0 Å². The maximum Gasteiger partial charge on any atom is 0.258 e. The Labute approximate surface area is 147 Å². The Balaban J connectivity index is 1.75. The van der Waals surface area contributed by atoms with Crippen LogP contribution in [-0.4, -0.2) is 27.8 Å². The minimum Gasteiger partial charge on any atom is -0.322 e. The second-order valence-corrected chi connectivity index (χ2v) is 6.64. The summed E-state index contributed by atoms with van der Waals surface area (Å²) < 4.78 is 0. The van der Waals surface area contributed by atoms with Gasteiger partial charge in [0.25, 0.3) is 5.91 Å².